The second-order valence-corrected chi connectivity index (χ2v) is 4.42. The van der Waals surface area contributed by atoms with Crippen molar-refractivity contribution in [2.75, 3.05) is 0 Å². The van der Waals surface area contributed by atoms with Crippen LogP contribution in [0.15, 0.2) is 60.7 Å². The van der Waals surface area contributed by atoms with Crippen LogP contribution in [0.4, 0.5) is 0 Å². The van der Waals surface area contributed by atoms with Crippen molar-refractivity contribution < 1.29 is 9.90 Å². The summed E-state index contributed by atoms with van der Waals surface area (Å²) in [4.78, 5) is 10.7. The van der Waals surface area contributed by atoms with Gasteiger partial charge < -0.3 is 5.11 Å². The van der Waals surface area contributed by atoms with E-state index in [2.05, 4.69) is 18.2 Å². The molecule has 0 radical (unpaired) electrons. The number of phenolic OH excluding ortho intramolecular Hbond substituents is 1. The highest BCUT2D eigenvalue weighted by atomic mass is 16.3. The number of carbonyl (C=O) groups is 1. The summed E-state index contributed by atoms with van der Waals surface area (Å²) in [5, 5.41) is 12.1. The molecular formula is C17H12O2. The van der Waals surface area contributed by atoms with E-state index in [4.69, 9.17) is 0 Å². The maximum atomic E-state index is 10.7. The third kappa shape index (κ3) is 1.97. The van der Waals surface area contributed by atoms with E-state index in [1.807, 2.05) is 30.3 Å². The molecule has 0 aliphatic heterocycles. The van der Waals surface area contributed by atoms with Gasteiger partial charge in [0.05, 0.1) is 5.56 Å². The average molecular weight is 248 g/mol. The molecule has 0 saturated carbocycles. The van der Waals surface area contributed by atoms with Crippen LogP contribution in [0.5, 0.6) is 5.75 Å². The highest BCUT2D eigenvalue weighted by Gasteiger charge is 2.06. The number of fused-ring (bicyclic) bond motifs is 1. The number of benzene rings is 3. The lowest BCUT2D eigenvalue weighted by Crippen LogP contribution is -1.85. The zero-order valence-electron chi connectivity index (χ0n) is 10.2. The van der Waals surface area contributed by atoms with Gasteiger partial charge in [0.2, 0.25) is 0 Å². The van der Waals surface area contributed by atoms with E-state index in [0.29, 0.717) is 11.8 Å². The van der Waals surface area contributed by atoms with Gasteiger partial charge in [-0.15, -0.1) is 0 Å². The lowest BCUT2D eigenvalue weighted by atomic mass is 9.97. The van der Waals surface area contributed by atoms with E-state index >= 15 is 0 Å². The molecule has 0 unspecified atom stereocenters. The first-order chi connectivity index (χ1) is 9.29. The predicted molar refractivity (Wildman–Crippen MR) is 76.4 cm³/mol. The molecule has 0 aliphatic carbocycles. The molecule has 0 amide bonds. The molecule has 0 aliphatic rings. The third-order valence-electron chi connectivity index (χ3n) is 3.26. The summed E-state index contributed by atoms with van der Waals surface area (Å²) in [6, 6.07) is 19.3. The topological polar surface area (TPSA) is 37.3 Å². The minimum absolute atomic E-state index is 0.0143. The summed E-state index contributed by atoms with van der Waals surface area (Å²) < 4.78 is 0. The van der Waals surface area contributed by atoms with Crippen molar-refractivity contribution in [2.45, 2.75) is 0 Å². The Bertz CT molecular complexity index is 755. The summed E-state index contributed by atoms with van der Waals surface area (Å²) in [7, 11) is 0. The van der Waals surface area contributed by atoms with Gasteiger partial charge in [-0.2, -0.15) is 0 Å². The SMILES string of the molecule is O=Cc1ccc(-c2cccc3ccccc23)cc1O. The van der Waals surface area contributed by atoms with Gasteiger partial charge in [-0.25, -0.2) is 0 Å². The fraction of sp³-hybridized carbons (Fsp3) is 0. The first-order valence-corrected chi connectivity index (χ1v) is 6.06. The van der Waals surface area contributed by atoms with E-state index in [1.54, 1.807) is 12.1 Å². The lowest BCUT2D eigenvalue weighted by Gasteiger charge is -2.08. The Morgan fingerprint density at radius 3 is 2.47 bits per heavy atom. The summed E-state index contributed by atoms with van der Waals surface area (Å²) in [6.07, 6.45) is 0.655. The van der Waals surface area contributed by atoms with Crippen molar-refractivity contribution in [1.82, 2.24) is 0 Å². The van der Waals surface area contributed by atoms with Crippen LogP contribution in [0, 0.1) is 0 Å². The van der Waals surface area contributed by atoms with Crippen LogP contribution in [-0.4, -0.2) is 11.4 Å². The first kappa shape index (κ1) is 11.5. The largest absolute Gasteiger partial charge is 0.507 e. The molecule has 3 aromatic rings. The summed E-state index contributed by atoms with van der Waals surface area (Å²) >= 11 is 0. The monoisotopic (exact) mass is 248 g/mol. The average Bonchev–Trinajstić information content (AvgIpc) is 2.46. The van der Waals surface area contributed by atoms with E-state index in [0.717, 1.165) is 21.9 Å². The maximum absolute atomic E-state index is 10.7. The predicted octanol–water partition coefficient (Wildman–Crippen LogP) is 4.02. The number of phenols is 1. The highest BCUT2D eigenvalue weighted by molar-refractivity contribution is 5.97. The second-order valence-electron chi connectivity index (χ2n) is 4.42. The summed E-state index contributed by atoms with van der Waals surface area (Å²) in [5.41, 5.74) is 2.26. The van der Waals surface area contributed by atoms with Gasteiger partial charge in [-0.1, -0.05) is 48.5 Å². The number of carbonyl (C=O) groups excluding carboxylic acids is 1. The summed E-state index contributed by atoms with van der Waals surface area (Å²) in [5.74, 6) is 0.0143. The maximum Gasteiger partial charge on any atom is 0.153 e. The third-order valence-corrected chi connectivity index (χ3v) is 3.26. The minimum atomic E-state index is 0.0143. The van der Waals surface area contributed by atoms with Crippen LogP contribution in [-0.2, 0) is 0 Å². The molecule has 0 spiro atoms. The molecule has 0 saturated heterocycles. The standard InChI is InChI=1S/C17H12O2/c18-11-14-9-8-13(10-17(14)19)16-7-3-5-12-4-1-2-6-15(12)16/h1-11,19H. The molecule has 19 heavy (non-hydrogen) atoms. The minimum Gasteiger partial charge on any atom is -0.507 e. The van der Waals surface area contributed by atoms with Gasteiger partial charge in [0.15, 0.2) is 6.29 Å². The van der Waals surface area contributed by atoms with Gasteiger partial charge in [0.1, 0.15) is 5.75 Å². The molecule has 2 nitrogen and oxygen atoms in total. The number of aldehydes is 1. The second kappa shape index (κ2) is 4.58. The Balaban J connectivity index is 2.24. The Hall–Kier alpha value is -2.61. The van der Waals surface area contributed by atoms with Crippen molar-refractivity contribution >= 4 is 17.1 Å². The van der Waals surface area contributed by atoms with Crippen molar-refractivity contribution in [2.24, 2.45) is 0 Å². The van der Waals surface area contributed by atoms with Crippen LogP contribution in [0.2, 0.25) is 0 Å². The molecular weight excluding hydrogens is 236 g/mol. The van der Waals surface area contributed by atoms with E-state index < -0.39 is 0 Å². The van der Waals surface area contributed by atoms with Crippen molar-refractivity contribution in [3.05, 3.63) is 66.2 Å². The molecule has 3 aromatic carbocycles. The molecule has 2 heteroatoms. The van der Waals surface area contributed by atoms with Gasteiger partial charge in [-0.05, 0) is 34.0 Å². The fourth-order valence-corrected chi connectivity index (χ4v) is 2.29. The normalized spacial score (nSPS) is 10.5. The molecule has 92 valence electrons. The first-order valence-electron chi connectivity index (χ1n) is 6.06. The fourth-order valence-electron chi connectivity index (χ4n) is 2.29. The Kier molecular flexibility index (Phi) is 2.76. The van der Waals surface area contributed by atoms with Crippen molar-refractivity contribution in [1.29, 1.82) is 0 Å². The Labute approximate surface area is 110 Å². The van der Waals surface area contributed by atoms with Crippen LogP contribution < -0.4 is 0 Å². The number of rotatable bonds is 2. The number of hydrogen-bond acceptors (Lipinski definition) is 2. The van der Waals surface area contributed by atoms with Crippen molar-refractivity contribution in [3.63, 3.8) is 0 Å². The van der Waals surface area contributed by atoms with Crippen LogP contribution in [0.1, 0.15) is 10.4 Å². The summed E-state index contributed by atoms with van der Waals surface area (Å²) in [6.45, 7) is 0. The zero-order valence-corrected chi connectivity index (χ0v) is 10.2. The molecule has 0 aromatic heterocycles. The lowest BCUT2D eigenvalue weighted by molar-refractivity contribution is 0.112. The Morgan fingerprint density at radius 2 is 1.68 bits per heavy atom. The quantitative estimate of drug-likeness (QED) is 0.695. The van der Waals surface area contributed by atoms with Crippen LogP contribution >= 0.6 is 0 Å². The molecule has 0 fully saturated rings. The van der Waals surface area contributed by atoms with E-state index in [9.17, 15) is 9.90 Å². The molecule has 3 rings (SSSR count). The van der Waals surface area contributed by atoms with E-state index in [-0.39, 0.29) is 5.75 Å². The molecule has 0 bridgehead atoms. The van der Waals surface area contributed by atoms with Crippen LogP contribution in [0.3, 0.4) is 0 Å². The highest BCUT2D eigenvalue weighted by Crippen LogP contribution is 2.31. The number of hydrogen-bond donors (Lipinski definition) is 1. The Morgan fingerprint density at radius 1 is 0.895 bits per heavy atom. The van der Waals surface area contributed by atoms with Crippen LogP contribution in [0.25, 0.3) is 21.9 Å². The van der Waals surface area contributed by atoms with Gasteiger partial charge >= 0.3 is 0 Å². The zero-order chi connectivity index (χ0) is 13.2. The molecule has 1 N–H and O–H groups in total. The molecule has 0 atom stereocenters. The number of aromatic hydroxyl groups is 1. The van der Waals surface area contributed by atoms with Gasteiger partial charge in [0.25, 0.3) is 0 Å². The molecule has 0 heterocycles. The van der Waals surface area contributed by atoms with Gasteiger partial charge in [-0.3, -0.25) is 4.79 Å². The van der Waals surface area contributed by atoms with E-state index in [1.165, 1.54) is 0 Å². The van der Waals surface area contributed by atoms with Gasteiger partial charge in [0, 0.05) is 0 Å². The van der Waals surface area contributed by atoms with Crippen molar-refractivity contribution in [3.8, 4) is 16.9 Å². The smallest absolute Gasteiger partial charge is 0.153 e.